The van der Waals surface area contributed by atoms with Gasteiger partial charge in [0.25, 0.3) is 0 Å². The first-order valence-electron chi connectivity index (χ1n) is 8.94. The summed E-state index contributed by atoms with van der Waals surface area (Å²) in [6.45, 7) is 2.29. The fraction of sp³-hybridized carbons (Fsp3) is 0.381. The molecule has 1 aromatic heterocycles. The summed E-state index contributed by atoms with van der Waals surface area (Å²) in [4.78, 5) is 2.08. The Morgan fingerprint density at radius 1 is 1.04 bits per heavy atom. The van der Waals surface area contributed by atoms with Crippen molar-refractivity contribution in [3.05, 3.63) is 60.2 Å². The van der Waals surface area contributed by atoms with E-state index in [1.807, 2.05) is 25.2 Å². The number of fused-ring (bicyclic) bond motifs is 1. The number of unbranched alkanes of at least 4 members (excludes halogenated alkanes) is 1. The predicted molar refractivity (Wildman–Crippen MR) is 102 cm³/mol. The van der Waals surface area contributed by atoms with Gasteiger partial charge in [0.05, 0.1) is 33.4 Å². The van der Waals surface area contributed by atoms with Crippen molar-refractivity contribution >= 4 is 11.8 Å². The third kappa shape index (κ3) is 4.60. The van der Waals surface area contributed by atoms with Crippen molar-refractivity contribution in [1.29, 1.82) is 0 Å². The van der Waals surface area contributed by atoms with Gasteiger partial charge in [0.15, 0.2) is 18.1 Å². The summed E-state index contributed by atoms with van der Waals surface area (Å²) >= 11 is 0. The Labute approximate surface area is 151 Å². The molecular weight excluding hydrogens is 310 g/mol. The molecule has 2 aromatic rings. The molecule has 3 rings (SSSR count). The first-order chi connectivity index (χ1) is 11.9. The van der Waals surface area contributed by atoms with Crippen molar-refractivity contribution in [3.8, 4) is 5.75 Å². The molecule has 0 bridgehead atoms. The number of hydrogen-bond acceptors (Lipinski definition) is 2. The van der Waals surface area contributed by atoms with Crippen LogP contribution in [-0.2, 0) is 6.54 Å². The standard InChI is InChI=1S/C21H29N3O/c1-22-19-9-5-6-10-20(19)25-21(22)17-18-11-14-23(15-12-18)13-7-8-16-24(2,3)4/h5-6,9-12,14-15,17H,7-8,13,16H2,1-4H3/q+2. The molecule has 132 valence electrons. The van der Waals surface area contributed by atoms with Gasteiger partial charge in [0, 0.05) is 38.1 Å². The van der Waals surface area contributed by atoms with Gasteiger partial charge in [-0.3, -0.25) is 0 Å². The molecule has 0 saturated carbocycles. The molecule has 0 radical (unpaired) electrons. The smallest absolute Gasteiger partial charge is 0.200 e. The lowest BCUT2D eigenvalue weighted by atomic mass is 10.2. The summed E-state index contributed by atoms with van der Waals surface area (Å²) in [5.74, 6) is 1.78. The van der Waals surface area contributed by atoms with Gasteiger partial charge < -0.3 is 14.1 Å². The summed E-state index contributed by atoms with van der Waals surface area (Å²) in [6.07, 6.45) is 8.85. The van der Waals surface area contributed by atoms with E-state index < -0.39 is 0 Å². The number of nitrogens with zero attached hydrogens (tertiary/aromatic N) is 3. The average Bonchev–Trinajstić information content (AvgIpc) is 2.89. The van der Waals surface area contributed by atoms with Crippen LogP contribution in [0.25, 0.3) is 6.08 Å². The monoisotopic (exact) mass is 339 g/mol. The summed E-state index contributed by atoms with van der Waals surface area (Å²) in [5.41, 5.74) is 2.26. The second-order valence-electron chi connectivity index (χ2n) is 7.70. The second kappa shape index (κ2) is 7.28. The van der Waals surface area contributed by atoms with Crippen molar-refractivity contribution in [1.82, 2.24) is 0 Å². The van der Waals surface area contributed by atoms with Crippen molar-refractivity contribution in [2.45, 2.75) is 19.4 Å². The number of para-hydroxylation sites is 2. The highest BCUT2D eigenvalue weighted by molar-refractivity contribution is 5.70. The number of anilines is 1. The average molecular weight is 339 g/mol. The van der Waals surface area contributed by atoms with E-state index in [-0.39, 0.29) is 0 Å². The van der Waals surface area contributed by atoms with Crippen molar-refractivity contribution < 1.29 is 13.8 Å². The van der Waals surface area contributed by atoms with Crippen LogP contribution in [0, 0.1) is 0 Å². The van der Waals surface area contributed by atoms with Gasteiger partial charge in [-0.15, -0.1) is 0 Å². The molecular formula is C21H29N3O+2. The van der Waals surface area contributed by atoms with E-state index in [0.29, 0.717) is 0 Å². The van der Waals surface area contributed by atoms with E-state index in [9.17, 15) is 0 Å². The van der Waals surface area contributed by atoms with Crippen LogP contribution in [0.1, 0.15) is 18.4 Å². The highest BCUT2D eigenvalue weighted by atomic mass is 16.5. The van der Waals surface area contributed by atoms with E-state index >= 15 is 0 Å². The zero-order valence-corrected chi connectivity index (χ0v) is 15.8. The second-order valence-corrected chi connectivity index (χ2v) is 7.70. The molecule has 0 amide bonds. The zero-order valence-electron chi connectivity index (χ0n) is 15.8. The van der Waals surface area contributed by atoms with Crippen LogP contribution in [0.3, 0.4) is 0 Å². The van der Waals surface area contributed by atoms with Crippen LogP contribution in [0.2, 0.25) is 0 Å². The Kier molecular flexibility index (Phi) is 5.09. The molecule has 4 heteroatoms. The molecule has 2 heterocycles. The number of quaternary nitrogens is 1. The lowest BCUT2D eigenvalue weighted by molar-refractivity contribution is -0.870. The minimum Gasteiger partial charge on any atom is -0.439 e. The van der Waals surface area contributed by atoms with Crippen LogP contribution in [0.4, 0.5) is 5.69 Å². The fourth-order valence-electron chi connectivity index (χ4n) is 2.98. The molecule has 0 fully saturated rings. The molecule has 4 nitrogen and oxygen atoms in total. The molecule has 0 aliphatic carbocycles. The number of aromatic nitrogens is 1. The molecule has 0 atom stereocenters. The van der Waals surface area contributed by atoms with E-state index in [2.05, 4.69) is 67.3 Å². The third-order valence-electron chi connectivity index (χ3n) is 4.47. The number of ether oxygens (including phenoxy) is 1. The van der Waals surface area contributed by atoms with Gasteiger partial charge in [-0.05, 0) is 17.7 Å². The third-order valence-corrected chi connectivity index (χ3v) is 4.47. The molecule has 0 N–H and O–H groups in total. The van der Waals surface area contributed by atoms with Crippen LogP contribution >= 0.6 is 0 Å². The lowest BCUT2D eigenvalue weighted by Crippen LogP contribution is -2.37. The van der Waals surface area contributed by atoms with Crippen molar-refractivity contribution in [3.63, 3.8) is 0 Å². The van der Waals surface area contributed by atoms with Gasteiger partial charge >= 0.3 is 0 Å². The maximum atomic E-state index is 5.94. The van der Waals surface area contributed by atoms with E-state index in [0.717, 1.165) is 33.9 Å². The number of hydrogen-bond donors (Lipinski definition) is 0. The Bertz CT molecular complexity index is 744. The first kappa shape index (κ1) is 17.5. The van der Waals surface area contributed by atoms with Crippen LogP contribution in [0.15, 0.2) is 54.7 Å². The quantitative estimate of drug-likeness (QED) is 0.456. The van der Waals surface area contributed by atoms with Gasteiger partial charge in [-0.25, -0.2) is 4.57 Å². The topological polar surface area (TPSA) is 16.4 Å². The van der Waals surface area contributed by atoms with Crippen LogP contribution in [-0.4, -0.2) is 39.2 Å². The Morgan fingerprint density at radius 2 is 1.76 bits per heavy atom. The van der Waals surface area contributed by atoms with Crippen LogP contribution in [0.5, 0.6) is 5.75 Å². The molecule has 1 aliphatic rings. The Balaban J connectivity index is 1.58. The van der Waals surface area contributed by atoms with Crippen LogP contribution < -0.4 is 14.2 Å². The molecule has 1 aromatic carbocycles. The van der Waals surface area contributed by atoms with E-state index in [1.54, 1.807) is 0 Å². The normalized spacial score (nSPS) is 15.4. The maximum Gasteiger partial charge on any atom is 0.200 e. The summed E-state index contributed by atoms with van der Waals surface area (Å²) in [7, 11) is 8.77. The summed E-state index contributed by atoms with van der Waals surface area (Å²) in [6, 6.07) is 12.4. The SMILES string of the molecule is CN1/C(=C/c2cc[n+](CCCC[N+](C)(C)C)cc2)Oc2ccccc21. The summed E-state index contributed by atoms with van der Waals surface area (Å²) in [5, 5.41) is 0. The number of aryl methyl sites for hydroxylation is 1. The highest BCUT2D eigenvalue weighted by Crippen LogP contribution is 2.37. The van der Waals surface area contributed by atoms with Crippen molar-refractivity contribution in [2.75, 3.05) is 39.6 Å². The largest absolute Gasteiger partial charge is 0.439 e. The van der Waals surface area contributed by atoms with Gasteiger partial charge in [-0.2, -0.15) is 0 Å². The number of benzene rings is 1. The number of rotatable bonds is 6. The predicted octanol–water partition coefficient (Wildman–Crippen LogP) is 3.29. The van der Waals surface area contributed by atoms with Gasteiger partial charge in [0.2, 0.25) is 5.88 Å². The molecule has 0 saturated heterocycles. The van der Waals surface area contributed by atoms with Gasteiger partial charge in [-0.1, -0.05) is 12.1 Å². The minimum absolute atomic E-state index is 0.863. The van der Waals surface area contributed by atoms with Gasteiger partial charge in [0.1, 0.15) is 6.54 Å². The maximum absolute atomic E-state index is 5.94. The van der Waals surface area contributed by atoms with E-state index in [4.69, 9.17) is 4.74 Å². The fourth-order valence-corrected chi connectivity index (χ4v) is 2.98. The Hall–Kier alpha value is -2.33. The molecule has 0 spiro atoms. The summed E-state index contributed by atoms with van der Waals surface area (Å²) < 4.78 is 9.23. The molecule has 25 heavy (non-hydrogen) atoms. The molecule has 0 unspecified atom stereocenters. The first-order valence-corrected chi connectivity index (χ1v) is 8.94. The number of pyridine rings is 1. The van der Waals surface area contributed by atoms with Crippen molar-refractivity contribution in [2.24, 2.45) is 0 Å². The van der Waals surface area contributed by atoms with E-state index in [1.165, 1.54) is 19.4 Å². The minimum atomic E-state index is 0.863. The molecule has 1 aliphatic heterocycles. The highest BCUT2D eigenvalue weighted by Gasteiger charge is 2.22. The Morgan fingerprint density at radius 3 is 2.44 bits per heavy atom. The zero-order chi connectivity index (χ0) is 17.9. The lowest BCUT2D eigenvalue weighted by Gasteiger charge is -2.23.